The number of rotatable bonds is 3. The zero-order valence-corrected chi connectivity index (χ0v) is 11.1. The lowest BCUT2D eigenvalue weighted by molar-refractivity contribution is -0.127. The third kappa shape index (κ3) is 2.88. The van der Waals surface area contributed by atoms with Crippen molar-refractivity contribution in [3.63, 3.8) is 0 Å². The first kappa shape index (κ1) is 13.0. The molecule has 2 rings (SSSR count). The Morgan fingerprint density at radius 2 is 2.33 bits per heavy atom. The first-order valence-corrected chi connectivity index (χ1v) is 6.54. The van der Waals surface area contributed by atoms with Crippen LogP contribution < -0.4 is 10.6 Å². The van der Waals surface area contributed by atoms with Gasteiger partial charge in [-0.2, -0.15) is 0 Å². The van der Waals surface area contributed by atoms with Crippen LogP contribution in [-0.4, -0.2) is 24.0 Å². The number of hydrogen-bond donors (Lipinski definition) is 2. The van der Waals surface area contributed by atoms with Crippen molar-refractivity contribution >= 4 is 11.7 Å². The van der Waals surface area contributed by atoms with Gasteiger partial charge in [0.1, 0.15) is 5.82 Å². The van der Waals surface area contributed by atoms with Crippen molar-refractivity contribution < 1.29 is 4.79 Å². The maximum Gasteiger partial charge on any atom is 0.231 e. The summed E-state index contributed by atoms with van der Waals surface area (Å²) in [4.78, 5) is 16.5. The zero-order chi connectivity index (χ0) is 13.0. The van der Waals surface area contributed by atoms with E-state index in [0.717, 1.165) is 25.9 Å². The maximum atomic E-state index is 12.4. The molecule has 1 fully saturated rings. The number of hydrogen-bond acceptors (Lipinski definition) is 3. The minimum Gasteiger partial charge on any atom is -0.316 e. The highest BCUT2D eigenvalue weighted by Gasteiger charge is 2.37. The number of anilines is 1. The standard InChI is InChI=1S/C14H21N3O/c1-14(2,11-6-5-8-15-10-11)13(18)17-12-7-3-4-9-16-12/h3-4,7,9,11,15H,5-6,8,10H2,1-2H3,(H,16,17,18). The van der Waals surface area contributed by atoms with Gasteiger partial charge in [-0.05, 0) is 44.0 Å². The number of nitrogens with zero attached hydrogens (tertiary/aromatic N) is 1. The fraction of sp³-hybridized carbons (Fsp3) is 0.571. The third-order valence-electron chi connectivity index (χ3n) is 3.81. The highest BCUT2D eigenvalue weighted by atomic mass is 16.2. The number of pyridine rings is 1. The Morgan fingerprint density at radius 1 is 1.50 bits per heavy atom. The summed E-state index contributed by atoms with van der Waals surface area (Å²) in [6, 6.07) is 5.52. The summed E-state index contributed by atoms with van der Waals surface area (Å²) in [5.41, 5.74) is -0.370. The molecule has 0 radical (unpaired) electrons. The molecule has 1 aromatic heterocycles. The molecule has 1 aliphatic heterocycles. The number of amides is 1. The van der Waals surface area contributed by atoms with Gasteiger partial charge in [-0.3, -0.25) is 4.79 Å². The molecule has 0 bridgehead atoms. The zero-order valence-electron chi connectivity index (χ0n) is 11.1. The molecule has 1 aliphatic rings. The van der Waals surface area contributed by atoms with Crippen molar-refractivity contribution in [3.05, 3.63) is 24.4 Å². The first-order valence-electron chi connectivity index (χ1n) is 6.54. The van der Waals surface area contributed by atoms with Gasteiger partial charge in [0.2, 0.25) is 5.91 Å². The highest BCUT2D eigenvalue weighted by Crippen LogP contribution is 2.32. The fourth-order valence-corrected chi connectivity index (χ4v) is 2.37. The lowest BCUT2D eigenvalue weighted by Gasteiger charge is -2.35. The van der Waals surface area contributed by atoms with E-state index in [9.17, 15) is 4.79 Å². The molecule has 98 valence electrons. The van der Waals surface area contributed by atoms with Gasteiger partial charge in [0, 0.05) is 11.6 Å². The lowest BCUT2D eigenvalue weighted by Crippen LogP contribution is -2.44. The Bertz CT molecular complexity index is 397. The van der Waals surface area contributed by atoms with E-state index in [1.807, 2.05) is 32.0 Å². The SMILES string of the molecule is CC(C)(C(=O)Nc1ccccn1)C1CCCNC1. The van der Waals surface area contributed by atoms with Gasteiger partial charge >= 0.3 is 0 Å². The van der Waals surface area contributed by atoms with Gasteiger partial charge in [0.15, 0.2) is 0 Å². The van der Waals surface area contributed by atoms with Crippen molar-refractivity contribution in [3.8, 4) is 0 Å². The molecule has 1 amide bonds. The summed E-state index contributed by atoms with van der Waals surface area (Å²) >= 11 is 0. The minimum atomic E-state index is -0.370. The molecule has 1 unspecified atom stereocenters. The molecule has 1 aromatic rings. The average Bonchev–Trinajstić information content (AvgIpc) is 2.41. The van der Waals surface area contributed by atoms with E-state index in [4.69, 9.17) is 0 Å². The van der Waals surface area contributed by atoms with Crippen LogP contribution in [0.3, 0.4) is 0 Å². The molecule has 0 saturated carbocycles. The van der Waals surface area contributed by atoms with Crippen molar-refractivity contribution in [1.29, 1.82) is 0 Å². The number of carbonyl (C=O) groups is 1. The molecule has 4 nitrogen and oxygen atoms in total. The van der Waals surface area contributed by atoms with Gasteiger partial charge < -0.3 is 10.6 Å². The highest BCUT2D eigenvalue weighted by molar-refractivity contribution is 5.94. The second-order valence-corrected chi connectivity index (χ2v) is 5.43. The Labute approximate surface area is 108 Å². The summed E-state index contributed by atoms with van der Waals surface area (Å²) in [6.45, 7) is 6.02. The molecule has 2 N–H and O–H groups in total. The Balaban J connectivity index is 2.02. The van der Waals surface area contributed by atoms with Crippen LogP contribution >= 0.6 is 0 Å². The van der Waals surface area contributed by atoms with Crippen LogP contribution in [0.15, 0.2) is 24.4 Å². The van der Waals surface area contributed by atoms with Gasteiger partial charge in [-0.15, -0.1) is 0 Å². The molecule has 1 saturated heterocycles. The second kappa shape index (κ2) is 5.48. The van der Waals surface area contributed by atoms with Crippen molar-refractivity contribution in [1.82, 2.24) is 10.3 Å². The molecular formula is C14H21N3O. The Kier molecular flexibility index (Phi) is 3.97. The Morgan fingerprint density at radius 3 is 2.94 bits per heavy atom. The third-order valence-corrected chi connectivity index (χ3v) is 3.81. The first-order chi connectivity index (χ1) is 8.60. The topological polar surface area (TPSA) is 54.0 Å². The number of nitrogens with one attached hydrogen (secondary N) is 2. The van der Waals surface area contributed by atoms with Gasteiger partial charge in [-0.25, -0.2) is 4.98 Å². The number of piperidine rings is 1. The van der Waals surface area contributed by atoms with E-state index in [1.165, 1.54) is 0 Å². The predicted octanol–water partition coefficient (Wildman–Crippen LogP) is 2.05. The van der Waals surface area contributed by atoms with Crippen LogP contribution in [0.2, 0.25) is 0 Å². The average molecular weight is 247 g/mol. The maximum absolute atomic E-state index is 12.4. The van der Waals surface area contributed by atoms with Crippen LogP contribution in [0, 0.1) is 11.3 Å². The number of carbonyl (C=O) groups excluding carboxylic acids is 1. The normalized spacial score (nSPS) is 20.4. The number of aromatic nitrogens is 1. The molecule has 0 spiro atoms. The van der Waals surface area contributed by atoms with Gasteiger partial charge in [0.05, 0.1) is 0 Å². The summed E-state index contributed by atoms with van der Waals surface area (Å²) in [6.07, 6.45) is 3.94. The van der Waals surface area contributed by atoms with Crippen molar-refractivity contribution in [2.75, 3.05) is 18.4 Å². The second-order valence-electron chi connectivity index (χ2n) is 5.43. The van der Waals surface area contributed by atoms with Crippen molar-refractivity contribution in [2.45, 2.75) is 26.7 Å². The van der Waals surface area contributed by atoms with E-state index < -0.39 is 0 Å². The van der Waals surface area contributed by atoms with Crippen LogP contribution in [0.25, 0.3) is 0 Å². The molecule has 0 aromatic carbocycles. The molecule has 2 heterocycles. The lowest BCUT2D eigenvalue weighted by atomic mass is 9.74. The van der Waals surface area contributed by atoms with Gasteiger partial charge in [-0.1, -0.05) is 19.9 Å². The van der Waals surface area contributed by atoms with Gasteiger partial charge in [0.25, 0.3) is 0 Å². The molecular weight excluding hydrogens is 226 g/mol. The largest absolute Gasteiger partial charge is 0.316 e. The molecule has 0 aliphatic carbocycles. The minimum absolute atomic E-state index is 0.0508. The predicted molar refractivity (Wildman–Crippen MR) is 72.2 cm³/mol. The summed E-state index contributed by atoms with van der Waals surface area (Å²) < 4.78 is 0. The van der Waals surface area contributed by atoms with E-state index in [2.05, 4.69) is 15.6 Å². The molecule has 18 heavy (non-hydrogen) atoms. The van der Waals surface area contributed by atoms with E-state index in [0.29, 0.717) is 11.7 Å². The van der Waals surface area contributed by atoms with E-state index in [1.54, 1.807) is 6.20 Å². The van der Waals surface area contributed by atoms with Crippen molar-refractivity contribution in [2.24, 2.45) is 11.3 Å². The summed E-state index contributed by atoms with van der Waals surface area (Å²) in [7, 11) is 0. The van der Waals surface area contributed by atoms with E-state index in [-0.39, 0.29) is 11.3 Å². The quantitative estimate of drug-likeness (QED) is 0.859. The fourth-order valence-electron chi connectivity index (χ4n) is 2.37. The van der Waals surface area contributed by atoms with E-state index >= 15 is 0 Å². The van der Waals surface area contributed by atoms with Crippen LogP contribution in [-0.2, 0) is 4.79 Å². The smallest absolute Gasteiger partial charge is 0.231 e. The van der Waals surface area contributed by atoms with Crippen LogP contribution in [0.5, 0.6) is 0 Å². The Hall–Kier alpha value is -1.42. The molecule has 1 atom stereocenters. The summed E-state index contributed by atoms with van der Waals surface area (Å²) in [5, 5.41) is 6.27. The summed E-state index contributed by atoms with van der Waals surface area (Å²) in [5.74, 6) is 1.06. The monoisotopic (exact) mass is 247 g/mol. The van der Waals surface area contributed by atoms with Crippen LogP contribution in [0.4, 0.5) is 5.82 Å². The molecule has 4 heteroatoms. The van der Waals surface area contributed by atoms with Crippen LogP contribution in [0.1, 0.15) is 26.7 Å².